The van der Waals surface area contributed by atoms with Crippen molar-refractivity contribution in [2.24, 2.45) is 5.92 Å². The molecule has 1 aliphatic rings. The van der Waals surface area contributed by atoms with Crippen molar-refractivity contribution in [3.63, 3.8) is 0 Å². The lowest BCUT2D eigenvalue weighted by Gasteiger charge is -2.27. The van der Waals surface area contributed by atoms with E-state index in [4.69, 9.17) is 18.6 Å². The van der Waals surface area contributed by atoms with Gasteiger partial charge in [0.25, 0.3) is 0 Å². The highest BCUT2D eigenvalue weighted by atomic mass is 16.5. The zero-order valence-electron chi connectivity index (χ0n) is 19.0. The van der Waals surface area contributed by atoms with Crippen LogP contribution < -0.4 is 9.47 Å². The van der Waals surface area contributed by atoms with E-state index < -0.39 is 0 Å². The van der Waals surface area contributed by atoms with E-state index in [0.29, 0.717) is 49.9 Å². The van der Waals surface area contributed by atoms with Crippen LogP contribution in [0.4, 0.5) is 0 Å². The summed E-state index contributed by atoms with van der Waals surface area (Å²) in [7, 11) is 4.79. The second-order valence-corrected chi connectivity index (χ2v) is 7.86. The van der Waals surface area contributed by atoms with Crippen molar-refractivity contribution >= 4 is 11.8 Å². The topological polar surface area (TPSA) is 81.5 Å². The van der Waals surface area contributed by atoms with Gasteiger partial charge < -0.3 is 28.4 Å². The highest BCUT2D eigenvalue weighted by molar-refractivity contribution is 5.87. The Morgan fingerprint density at radius 2 is 1.81 bits per heavy atom. The lowest BCUT2D eigenvalue weighted by Crippen LogP contribution is -2.45. The SMILES string of the molecule is COCCN(CC(=O)N(CCc1ccc(OC)c(OC)c1)Cc1ccco1)C(=O)C1CC1. The summed E-state index contributed by atoms with van der Waals surface area (Å²) in [5.41, 5.74) is 1.02. The molecule has 1 aromatic carbocycles. The van der Waals surface area contributed by atoms with Crippen LogP contribution in [0.1, 0.15) is 24.2 Å². The lowest BCUT2D eigenvalue weighted by atomic mass is 10.1. The Morgan fingerprint density at radius 3 is 2.44 bits per heavy atom. The molecule has 0 bridgehead atoms. The fourth-order valence-electron chi connectivity index (χ4n) is 3.50. The number of carbonyl (C=O) groups is 2. The molecule has 174 valence electrons. The van der Waals surface area contributed by atoms with Crippen molar-refractivity contribution in [1.82, 2.24) is 9.80 Å². The summed E-state index contributed by atoms with van der Waals surface area (Å²) in [6, 6.07) is 9.37. The Bertz CT molecular complexity index is 879. The minimum absolute atomic E-state index is 0.0331. The van der Waals surface area contributed by atoms with E-state index in [-0.39, 0.29) is 24.3 Å². The molecule has 0 unspecified atom stereocenters. The zero-order valence-corrected chi connectivity index (χ0v) is 19.0. The van der Waals surface area contributed by atoms with Crippen LogP contribution in [0, 0.1) is 5.92 Å². The summed E-state index contributed by atoms with van der Waals surface area (Å²) in [5.74, 6) is 1.97. The summed E-state index contributed by atoms with van der Waals surface area (Å²) in [6.07, 6.45) is 4.01. The van der Waals surface area contributed by atoms with Gasteiger partial charge in [-0.2, -0.15) is 0 Å². The minimum atomic E-state index is -0.119. The van der Waals surface area contributed by atoms with Gasteiger partial charge in [-0.25, -0.2) is 0 Å². The third kappa shape index (κ3) is 6.50. The zero-order chi connectivity index (χ0) is 22.9. The smallest absolute Gasteiger partial charge is 0.242 e. The molecular weight excluding hydrogens is 412 g/mol. The molecule has 1 fully saturated rings. The van der Waals surface area contributed by atoms with Gasteiger partial charge in [-0.1, -0.05) is 6.07 Å². The van der Waals surface area contributed by atoms with Crippen molar-refractivity contribution < 1.29 is 28.2 Å². The normalized spacial score (nSPS) is 13.0. The molecule has 0 aliphatic heterocycles. The van der Waals surface area contributed by atoms with Gasteiger partial charge in [0.15, 0.2) is 11.5 Å². The van der Waals surface area contributed by atoms with Crippen LogP contribution in [0.25, 0.3) is 0 Å². The number of carbonyl (C=O) groups excluding carboxylic acids is 2. The van der Waals surface area contributed by atoms with Crippen LogP contribution in [0.5, 0.6) is 11.5 Å². The highest BCUT2D eigenvalue weighted by Crippen LogP contribution is 2.31. The molecule has 0 atom stereocenters. The largest absolute Gasteiger partial charge is 0.493 e. The third-order valence-electron chi connectivity index (χ3n) is 5.53. The molecule has 3 rings (SSSR count). The number of amides is 2. The number of hydrogen-bond donors (Lipinski definition) is 0. The molecule has 2 aromatic rings. The summed E-state index contributed by atoms with van der Waals surface area (Å²) in [4.78, 5) is 29.2. The van der Waals surface area contributed by atoms with Gasteiger partial charge in [0, 0.05) is 26.1 Å². The predicted octanol–water partition coefficient (Wildman–Crippen LogP) is 2.75. The first-order valence-electron chi connectivity index (χ1n) is 10.8. The minimum Gasteiger partial charge on any atom is -0.493 e. The van der Waals surface area contributed by atoms with Crippen LogP contribution in [0.3, 0.4) is 0 Å². The summed E-state index contributed by atoms with van der Waals surface area (Å²) in [6.45, 7) is 1.66. The van der Waals surface area contributed by atoms with E-state index in [2.05, 4.69) is 0 Å². The highest BCUT2D eigenvalue weighted by Gasteiger charge is 2.34. The Labute approximate surface area is 189 Å². The van der Waals surface area contributed by atoms with Gasteiger partial charge in [0.1, 0.15) is 5.76 Å². The molecule has 1 saturated carbocycles. The Kier molecular flexibility index (Phi) is 8.56. The summed E-state index contributed by atoms with van der Waals surface area (Å²) >= 11 is 0. The van der Waals surface area contributed by atoms with E-state index >= 15 is 0 Å². The average Bonchev–Trinajstić information content (AvgIpc) is 3.54. The first-order chi connectivity index (χ1) is 15.5. The molecule has 1 aromatic heterocycles. The molecule has 2 amide bonds. The lowest BCUT2D eigenvalue weighted by molar-refractivity contribution is -0.142. The number of methoxy groups -OCH3 is 3. The molecule has 1 heterocycles. The number of ether oxygens (including phenoxy) is 3. The molecule has 0 saturated heterocycles. The van der Waals surface area contributed by atoms with Gasteiger partial charge in [-0.15, -0.1) is 0 Å². The second kappa shape index (κ2) is 11.6. The van der Waals surface area contributed by atoms with Gasteiger partial charge in [-0.3, -0.25) is 9.59 Å². The molecule has 0 spiro atoms. The summed E-state index contributed by atoms with van der Waals surface area (Å²) in [5, 5.41) is 0. The van der Waals surface area contributed by atoms with Crippen molar-refractivity contribution in [2.75, 3.05) is 47.6 Å². The fraction of sp³-hybridized carbons (Fsp3) is 0.500. The Morgan fingerprint density at radius 1 is 1.03 bits per heavy atom. The van der Waals surface area contributed by atoms with E-state index in [1.54, 1.807) is 43.5 Å². The maximum atomic E-state index is 13.2. The molecular formula is C24H32N2O6. The maximum absolute atomic E-state index is 13.2. The second-order valence-electron chi connectivity index (χ2n) is 7.86. The third-order valence-corrected chi connectivity index (χ3v) is 5.53. The molecule has 8 heteroatoms. The van der Waals surface area contributed by atoms with Crippen LogP contribution in [0.2, 0.25) is 0 Å². The van der Waals surface area contributed by atoms with Gasteiger partial charge in [-0.05, 0) is 49.1 Å². The molecule has 0 radical (unpaired) electrons. The van der Waals surface area contributed by atoms with Crippen LogP contribution in [0.15, 0.2) is 41.0 Å². The molecule has 1 aliphatic carbocycles. The van der Waals surface area contributed by atoms with E-state index in [0.717, 1.165) is 18.4 Å². The van der Waals surface area contributed by atoms with Crippen LogP contribution in [-0.2, 0) is 27.3 Å². The van der Waals surface area contributed by atoms with E-state index in [9.17, 15) is 9.59 Å². The number of benzene rings is 1. The van der Waals surface area contributed by atoms with Gasteiger partial charge >= 0.3 is 0 Å². The van der Waals surface area contributed by atoms with Crippen LogP contribution in [-0.4, -0.2) is 69.2 Å². The van der Waals surface area contributed by atoms with Gasteiger partial charge in [0.05, 0.1) is 40.2 Å². The molecule has 0 N–H and O–H groups in total. The standard InChI is InChI=1S/C24H32N2O6/c1-29-14-12-26(24(28)19-7-8-19)17-23(27)25(16-20-5-4-13-32-20)11-10-18-6-9-21(30-2)22(15-18)31-3/h4-6,9,13,15,19H,7-8,10-12,14,16-17H2,1-3H3. The predicted molar refractivity (Wildman–Crippen MR) is 119 cm³/mol. The number of rotatable bonds is 13. The number of furan rings is 1. The Balaban J connectivity index is 1.69. The quantitative estimate of drug-likeness (QED) is 0.473. The van der Waals surface area contributed by atoms with Gasteiger partial charge in [0.2, 0.25) is 11.8 Å². The van der Waals surface area contributed by atoms with Crippen molar-refractivity contribution in [1.29, 1.82) is 0 Å². The average molecular weight is 445 g/mol. The maximum Gasteiger partial charge on any atom is 0.242 e. The first-order valence-corrected chi connectivity index (χ1v) is 10.8. The fourth-order valence-corrected chi connectivity index (χ4v) is 3.50. The van der Waals surface area contributed by atoms with E-state index in [1.807, 2.05) is 24.3 Å². The molecule has 8 nitrogen and oxygen atoms in total. The van der Waals surface area contributed by atoms with Crippen molar-refractivity contribution in [3.05, 3.63) is 47.9 Å². The molecule has 32 heavy (non-hydrogen) atoms. The monoisotopic (exact) mass is 444 g/mol. The van der Waals surface area contributed by atoms with E-state index in [1.165, 1.54) is 0 Å². The van der Waals surface area contributed by atoms with Crippen molar-refractivity contribution in [3.8, 4) is 11.5 Å². The van der Waals surface area contributed by atoms with Crippen LogP contribution >= 0.6 is 0 Å². The first kappa shape index (κ1) is 23.7. The number of hydrogen-bond acceptors (Lipinski definition) is 6. The number of nitrogens with zero attached hydrogens (tertiary/aromatic N) is 2. The summed E-state index contributed by atoms with van der Waals surface area (Å²) < 4.78 is 21.3. The van der Waals surface area contributed by atoms with Crippen molar-refractivity contribution in [2.45, 2.75) is 25.8 Å². The Hall–Kier alpha value is -3.00.